The van der Waals surface area contributed by atoms with Crippen molar-refractivity contribution < 1.29 is 54.3 Å². The van der Waals surface area contributed by atoms with E-state index in [2.05, 4.69) is 0 Å². The minimum absolute atomic E-state index is 0. The van der Waals surface area contributed by atoms with Crippen LogP contribution in [0.1, 0.15) is 76.3 Å². The monoisotopic (exact) mass is 1230 g/mol. The molecule has 2 fully saturated rings. The Balaban J connectivity index is 0.000000263. The second-order valence-corrected chi connectivity index (χ2v) is 26.9. The lowest BCUT2D eigenvalue weighted by atomic mass is 9.91. The van der Waals surface area contributed by atoms with Crippen LogP contribution in [0.4, 0.5) is 8.78 Å². The number of hydrogen-bond donors (Lipinski definition) is 2. The van der Waals surface area contributed by atoms with Crippen molar-refractivity contribution in [2.45, 2.75) is 97.8 Å². The standard InChI is InChI=1S/2C31H35FN2O5S2.ClH/c2*1-21(2)29(33)31(36)39-18-16-25(24-8-12-26(32)13-9-24)20-28(35)30-34(17-19-40-30)41(37,38)27-14-10-23(11-15-27)22-6-4-3-5-7-22;/h2*3-15,21,25,29-30H,16-20,33H2,1-2H3;1H/t25?,29-,30-;25-,29+,30+;/m01./s1. The highest BCUT2D eigenvalue weighted by molar-refractivity contribution is 8.02. The molecule has 6 atom stereocenters. The lowest BCUT2D eigenvalue weighted by Crippen LogP contribution is -2.40. The Bertz CT molecular complexity index is 3090. The second-order valence-electron chi connectivity index (χ2n) is 20.7. The molecule has 444 valence electrons. The summed E-state index contributed by atoms with van der Waals surface area (Å²) in [7, 11) is -7.85. The first kappa shape index (κ1) is 66.3. The van der Waals surface area contributed by atoms with E-state index in [4.69, 9.17) is 20.9 Å². The molecule has 0 spiro atoms. The van der Waals surface area contributed by atoms with E-state index >= 15 is 0 Å². The maximum Gasteiger partial charge on any atom is 0.323 e. The predicted molar refractivity (Wildman–Crippen MR) is 326 cm³/mol. The summed E-state index contributed by atoms with van der Waals surface area (Å²) < 4.78 is 94.9. The fourth-order valence-corrected chi connectivity index (χ4v) is 15.7. The molecule has 14 nitrogen and oxygen atoms in total. The number of carbonyl (C=O) groups is 4. The molecule has 0 amide bonds. The van der Waals surface area contributed by atoms with Gasteiger partial charge >= 0.3 is 11.9 Å². The Labute approximate surface area is 501 Å². The molecule has 8 rings (SSSR count). The van der Waals surface area contributed by atoms with Crippen molar-refractivity contribution in [1.82, 2.24) is 8.61 Å². The van der Waals surface area contributed by atoms with Gasteiger partial charge < -0.3 is 20.9 Å². The van der Waals surface area contributed by atoms with Gasteiger partial charge in [0.25, 0.3) is 0 Å². The molecule has 6 aromatic rings. The molecule has 0 saturated carbocycles. The molecule has 2 aliphatic rings. The molecule has 1 unspecified atom stereocenters. The van der Waals surface area contributed by atoms with Gasteiger partial charge in [0.15, 0.2) is 11.6 Å². The molecule has 2 aliphatic heterocycles. The second kappa shape index (κ2) is 30.8. The van der Waals surface area contributed by atoms with Crippen molar-refractivity contribution in [2.24, 2.45) is 23.3 Å². The number of sulfonamides is 2. The van der Waals surface area contributed by atoms with Crippen molar-refractivity contribution in [2.75, 3.05) is 37.8 Å². The summed E-state index contributed by atoms with van der Waals surface area (Å²) in [6, 6.07) is 42.8. The van der Waals surface area contributed by atoms with Crippen molar-refractivity contribution in [3.05, 3.63) is 180 Å². The van der Waals surface area contributed by atoms with Crippen LogP contribution >= 0.6 is 35.9 Å². The smallest absolute Gasteiger partial charge is 0.323 e. The van der Waals surface area contributed by atoms with E-state index < -0.39 is 78.3 Å². The van der Waals surface area contributed by atoms with E-state index in [1.807, 2.05) is 88.4 Å². The first-order valence-corrected chi connectivity index (χ1v) is 32.1. The summed E-state index contributed by atoms with van der Waals surface area (Å²) >= 11 is 2.58. The highest BCUT2D eigenvalue weighted by atomic mass is 35.5. The third kappa shape index (κ3) is 17.6. The number of nitrogens with zero attached hydrogens (tertiary/aromatic N) is 2. The first-order chi connectivity index (χ1) is 39.1. The van der Waals surface area contributed by atoms with Crippen LogP contribution in [0.15, 0.2) is 168 Å². The highest BCUT2D eigenvalue weighted by Gasteiger charge is 2.42. The summed E-state index contributed by atoms with van der Waals surface area (Å²) in [5.41, 5.74) is 16.9. The van der Waals surface area contributed by atoms with Crippen molar-refractivity contribution >= 4 is 79.5 Å². The summed E-state index contributed by atoms with van der Waals surface area (Å²) in [5.74, 6) is -2.36. The third-order valence-corrected chi connectivity index (χ3v) is 20.9. The molecule has 0 radical (unpaired) electrons. The van der Waals surface area contributed by atoms with Gasteiger partial charge in [-0.25, -0.2) is 25.6 Å². The Morgan fingerprint density at radius 2 is 0.819 bits per heavy atom. The summed E-state index contributed by atoms with van der Waals surface area (Å²) in [5, 5.41) is -1.76. The lowest BCUT2D eigenvalue weighted by Gasteiger charge is -2.25. The fourth-order valence-electron chi connectivity index (χ4n) is 9.35. The minimum atomic E-state index is -3.92. The number of rotatable bonds is 24. The number of esters is 2. The fraction of sp³-hybridized carbons (Fsp3) is 0.355. The number of Topliss-reactive ketones (excluding diaryl/α,β-unsaturated/α-hetero) is 2. The van der Waals surface area contributed by atoms with Gasteiger partial charge in [-0.15, -0.1) is 35.9 Å². The highest BCUT2D eigenvalue weighted by Crippen LogP contribution is 2.37. The van der Waals surface area contributed by atoms with Crippen LogP contribution < -0.4 is 11.5 Å². The van der Waals surface area contributed by atoms with Crippen LogP contribution in [-0.2, 0) is 48.7 Å². The number of ketones is 2. The Morgan fingerprint density at radius 1 is 0.506 bits per heavy atom. The topological polar surface area (TPSA) is 214 Å². The lowest BCUT2D eigenvalue weighted by molar-refractivity contribution is -0.147. The van der Waals surface area contributed by atoms with E-state index in [0.29, 0.717) is 35.5 Å². The average molecular weight is 1230 g/mol. The molecule has 6 aromatic carbocycles. The Morgan fingerprint density at radius 3 is 1.13 bits per heavy atom. The van der Waals surface area contributed by atoms with E-state index in [-0.39, 0.29) is 84.7 Å². The van der Waals surface area contributed by atoms with Crippen molar-refractivity contribution in [1.29, 1.82) is 0 Å². The zero-order valence-electron chi connectivity index (χ0n) is 46.6. The van der Waals surface area contributed by atoms with Crippen molar-refractivity contribution in [3.8, 4) is 22.3 Å². The molecular formula is C62H71ClF2N4O10S4. The molecule has 83 heavy (non-hydrogen) atoms. The van der Waals surface area contributed by atoms with E-state index in [1.165, 1.54) is 56.4 Å². The largest absolute Gasteiger partial charge is 0.465 e. The van der Waals surface area contributed by atoms with Gasteiger partial charge in [0.1, 0.15) is 34.5 Å². The van der Waals surface area contributed by atoms with Crippen molar-refractivity contribution in [3.63, 3.8) is 0 Å². The van der Waals surface area contributed by atoms with Gasteiger partial charge in [-0.1, -0.05) is 137 Å². The van der Waals surface area contributed by atoms with Crippen LogP contribution in [0, 0.1) is 23.5 Å². The van der Waals surface area contributed by atoms with E-state index in [0.717, 1.165) is 22.3 Å². The number of thioether (sulfide) groups is 2. The number of carbonyl (C=O) groups excluding carboxylic acids is 4. The molecule has 4 N–H and O–H groups in total. The Kier molecular flexibility index (Phi) is 24.6. The Hall–Kier alpha value is -5.81. The number of halogens is 3. The maximum absolute atomic E-state index is 13.6. The van der Waals surface area contributed by atoms with Crippen LogP contribution in [0.25, 0.3) is 22.3 Å². The average Bonchev–Trinajstić information content (AvgIpc) is 4.27. The maximum atomic E-state index is 13.6. The summed E-state index contributed by atoms with van der Waals surface area (Å²) in [6.45, 7) is 7.78. The SMILES string of the molecule is CC(C)[C@H](N)C(=O)OCCC(CC(=O)[C@@H]1SCCN1S(=O)(=O)c1ccc(-c2ccccc2)cc1)c1ccc(F)cc1.CC(C)[C@H](N)C(=O)OCC[C@H](CC(=O)[C@@H]1SCCN1S(=O)(=O)c1ccc(-c2ccccc2)cc1)c1ccc(F)cc1.Cl. The summed E-state index contributed by atoms with van der Waals surface area (Å²) in [4.78, 5) is 51.9. The van der Waals surface area contributed by atoms with Gasteiger partial charge in [-0.3, -0.25) is 19.2 Å². The van der Waals surface area contributed by atoms with E-state index in [9.17, 15) is 44.8 Å². The number of hydrogen-bond acceptors (Lipinski definition) is 14. The van der Waals surface area contributed by atoms with Crippen LogP contribution in [-0.4, -0.2) is 110 Å². The van der Waals surface area contributed by atoms with E-state index in [1.54, 1.807) is 72.8 Å². The molecule has 0 aromatic heterocycles. The predicted octanol–water partition coefficient (Wildman–Crippen LogP) is 10.9. The van der Waals surface area contributed by atoms with Gasteiger partial charge in [0.2, 0.25) is 20.0 Å². The third-order valence-electron chi connectivity index (χ3n) is 14.4. The zero-order valence-corrected chi connectivity index (χ0v) is 50.7. The van der Waals surface area contributed by atoms with Crippen LogP contribution in [0.5, 0.6) is 0 Å². The summed E-state index contributed by atoms with van der Waals surface area (Å²) in [6.07, 6.45) is 0.629. The number of benzene rings is 6. The molecule has 0 aliphatic carbocycles. The molecule has 21 heteroatoms. The van der Waals surface area contributed by atoms with Gasteiger partial charge in [0.05, 0.1) is 23.0 Å². The zero-order chi connectivity index (χ0) is 59.1. The van der Waals surface area contributed by atoms with Gasteiger partial charge in [0, 0.05) is 37.4 Å². The number of ether oxygens (including phenoxy) is 2. The number of nitrogens with two attached hydrogens (primary N) is 2. The minimum Gasteiger partial charge on any atom is -0.465 e. The molecule has 2 heterocycles. The van der Waals surface area contributed by atoms with Crippen LogP contribution in [0.2, 0.25) is 0 Å². The molecule has 2 saturated heterocycles. The van der Waals surface area contributed by atoms with Crippen LogP contribution in [0.3, 0.4) is 0 Å². The van der Waals surface area contributed by atoms with Gasteiger partial charge in [-0.2, -0.15) is 8.61 Å². The molecular weight excluding hydrogens is 1160 g/mol. The molecule has 0 bridgehead atoms. The quantitative estimate of drug-likeness (QED) is 0.0540. The van der Waals surface area contributed by atoms with Gasteiger partial charge in [-0.05, 0) is 118 Å². The first-order valence-electron chi connectivity index (χ1n) is 27.1. The normalized spacial score (nSPS) is 17.1.